The number of piperidine rings is 1. The van der Waals surface area contributed by atoms with Gasteiger partial charge in [-0.1, -0.05) is 17.5 Å². The molecule has 0 unspecified atom stereocenters. The van der Waals surface area contributed by atoms with Crippen molar-refractivity contribution in [2.45, 2.75) is 19.0 Å². The molecule has 0 bridgehead atoms. The number of benzene rings is 2. The van der Waals surface area contributed by atoms with Gasteiger partial charge in [-0.25, -0.2) is 9.37 Å². The summed E-state index contributed by atoms with van der Waals surface area (Å²) in [6.45, 7) is 2.34. The molecule has 1 saturated heterocycles. The molecule has 2 heterocycles. The van der Waals surface area contributed by atoms with Crippen LogP contribution < -0.4 is 10.1 Å². The summed E-state index contributed by atoms with van der Waals surface area (Å²) in [4.78, 5) is 20.9. The number of likely N-dealkylation sites (tertiary alicyclic amines) is 1. The van der Waals surface area contributed by atoms with E-state index in [-0.39, 0.29) is 16.5 Å². The average Bonchev–Trinajstić information content (AvgIpc) is 3.36. The molecule has 37 heavy (non-hydrogen) atoms. The largest absolute Gasteiger partial charge is 0.491 e. The van der Waals surface area contributed by atoms with Gasteiger partial charge in [0.2, 0.25) is 0 Å². The number of nitrogens with one attached hydrogen (secondary N) is 2. The fraction of sp³-hybridized carbons (Fsp3) is 0.308. The van der Waals surface area contributed by atoms with Crippen LogP contribution in [0.4, 0.5) is 23.2 Å². The molecule has 0 radical (unpaired) electrons. The maximum Gasteiger partial charge on any atom is 0.432 e. The maximum atomic E-state index is 13.4. The van der Waals surface area contributed by atoms with Gasteiger partial charge in [-0.2, -0.15) is 13.2 Å². The number of ether oxygens (including phenoxy) is 1. The van der Waals surface area contributed by atoms with Gasteiger partial charge in [0.15, 0.2) is 0 Å². The molecule has 11 heteroatoms. The SMILES string of the molecule is CN1CCC(COc2ccc(-c3ncc(C(F)(F)F)[nH]3)cc2NC(=O)C#Cc2ccc(F)c(Cl)c2)CC1. The molecule has 4 rings (SSSR count). The highest BCUT2D eigenvalue weighted by Crippen LogP contribution is 2.33. The number of aromatic amines is 1. The van der Waals surface area contributed by atoms with Crippen molar-refractivity contribution in [1.82, 2.24) is 14.9 Å². The summed E-state index contributed by atoms with van der Waals surface area (Å²) in [6.07, 6.45) is -1.93. The minimum Gasteiger partial charge on any atom is -0.491 e. The fourth-order valence-corrected chi connectivity index (χ4v) is 3.99. The van der Waals surface area contributed by atoms with E-state index < -0.39 is 23.6 Å². The number of H-pyrrole nitrogens is 1. The van der Waals surface area contributed by atoms with E-state index in [0.717, 1.165) is 32.0 Å². The molecule has 0 spiro atoms. The van der Waals surface area contributed by atoms with Crippen molar-refractivity contribution in [3.05, 3.63) is 64.7 Å². The lowest BCUT2D eigenvalue weighted by Gasteiger charge is -2.29. The zero-order valence-electron chi connectivity index (χ0n) is 19.8. The van der Waals surface area contributed by atoms with E-state index in [9.17, 15) is 22.4 Å². The van der Waals surface area contributed by atoms with Gasteiger partial charge in [-0.05, 0) is 75.3 Å². The molecule has 1 amide bonds. The molecule has 6 nitrogen and oxygen atoms in total. The van der Waals surface area contributed by atoms with Crippen molar-refractivity contribution < 1.29 is 27.1 Å². The number of anilines is 1. The number of carbonyl (C=O) groups excluding carboxylic acids is 1. The lowest BCUT2D eigenvalue weighted by Crippen LogP contribution is -2.32. The lowest BCUT2D eigenvalue weighted by molar-refractivity contribution is -0.140. The van der Waals surface area contributed by atoms with Crippen LogP contribution in [0.1, 0.15) is 24.1 Å². The molecule has 2 N–H and O–H groups in total. The van der Waals surface area contributed by atoms with Gasteiger partial charge in [-0.15, -0.1) is 0 Å². The number of alkyl halides is 3. The van der Waals surface area contributed by atoms with E-state index in [1.807, 2.05) is 0 Å². The quantitative estimate of drug-likeness (QED) is 0.330. The summed E-state index contributed by atoms with van der Waals surface area (Å²) in [5.74, 6) is 4.37. The van der Waals surface area contributed by atoms with Gasteiger partial charge in [0.1, 0.15) is 23.1 Å². The smallest absolute Gasteiger partial charge is 0.432 e. The first-order valence-electron chi connectivity index (χ1n) is 11.4. The molecule has 3 aromatic rings. The Labute approximate surface area is 216 Å². The number of amides is 1. The standard InChI is InChI=1S/C26H23ClF4N4O2/c1-35-10-8-17(9-11-35)15-37-22-6-4-18(25-32-14-23(34-25)26(29,30)31)13-21(22)33-24(36)7-3-16-2-5-20(28)19(27)12-16/h2,4-6,12-14,17H,8-11,15H2,1H3,(H,32,34)(H,33,36). The summed E-state index contributed by atoms with van der Waals surface area (Å²) in [6, 6.07) is 8.42. The van der Waals surface area contributed by atoms with Gasteiger partial charge in [0.05, 0.1) is 23.5 Å². The molecule has 1 aliphatic rings. The number of nitrogens with zero attached hydrogens (tertiary/aromatic N) is 2. The van der Waals surface area contributed by atoms with Crippen molar-refractivity contribution in [3.8, 4) is 29.0 Å². The Bertz CT molecular complexity index is 1340. The highest BCUT2D eigenvalue weighted by atomic mass is 35.5. The second-order valence-electron chi connectivity index (χ2n) is 8.74. The number of rotatable bonds is 5. The third kappa shape index (κ3) is 7.02. The van der Waals surface area contributed by atoms with E-state index in [1.54, 1.807) is 12.1 Å². The predicted octanol–water partition coefficient (Wildman–Crippen LogP) is 5.60. The van der Waals surface area contributed by atoms with Crippen molar-refractivity contribution >= 4 is 23.2 Å². The zero-order chi connectivity index (χ0) is 26.6. The molecule has 0 aliphatic carbocycles. The van der Waals surface area contributed by atoms with Crippen molar-refractivity contribution in [2.24, 2.45) is 5.92 Å². The fourth-order valence-electron chi connectivity index (χ4n) is 3.81. The van der Waals surface area contributed by atoms with Gasteiger partial charge in [0.25, 0.3) is 0 Å². The van der Waals surface area contributed by atoms with Crippen molar-refractivity contribution in [2.75, 3.05) is 32.1 Å². The highest BCUT2D eigenvalue weighted by molar-refractivity contribution is 6.30. The number of carbonyl (C=O) groups is 1. The molecule has 0 atom stereocenters. The first-order chi connectivity index (χ1) is 17.6. The monoisotopic (exact) mass is 534 g/mol. The average molecular weight is 535 g/mol. The molecule has 1 aliphatic heterocycles. The summed E-state index contributed by atoms with van der Waals surface area (Å²) in [7, 11) is 2.06. The molecule has 194 valence electrons. The van der Waals surface area contributed by atoms with Crippen LogP contribution in [-0.2, 0) is 11.0 Å². The van der Waals surface area contributed by atoms with Crippen LogP contribution in [-0.4, -0.2) is 47.5 Å². The molecule has 2 aromatic carbocycles. The summed E-state index contributed by atoms with van der Waals surface area (Å²) >= 11 is 5.75. The highest BCUT2D eigenvalue weighted by Gasteiger charge is 2.33. The van der Waals surface area contributed by atoms with Crippen LogP contribution in [0.2, 0.25) is 5.02 Å². The second kappa shape index (κ2) is 11.2. The summed E-state index contributed by atoms with van der Waals surface area (Å²) in [5.41, 5.74) is -0.105. The van der Waals surface area contributed by atoms with E-state index in [2.05, 4.69) is 39.1 Å². The number of halogens is 5. The maximum absolute atomic E-state index is 13.4. The molecular weight excluding hydrogens is 512 g/mol. The zero-order valence-corrected chi connectivity index (χ0v) is 20.5. The van der Waals surface area contributed by atoms with Crippen LogP contribution in [0.25, 0.3) is 11.4 Å². The molecule has 1 aromatic heterocycles. The van der Waals surface area contributed by atoms with Gasteiger partial charge in [0, 0.05) is 17.0 Å². The van der Waals surface area contributed by atoms with E-state index in [4.69, 9.17) is 16.3 Å². The second-order valence-corrected chi connectivity index (χ2v) is 9.15. The first-order valence-corrected chi connectivity index (χ1v) is 11.8. The minimum atomic E-state index is -4.57. The number of hydrogen-bond acceptors (Lipinski definition) is 4. The molecular formula is C26H23ClF4N4O2. The Morgan fingerprint density at radius 3 is 2.68 bits per heavy atom. The number of imidazole rings is 1. The number of aromatic nitrogens is 2. The Morgan fingerprint density at radius 2 is 2.00 bits per heavy atom. The third-order valence-electron chi connectivity index (χ3n) is 5.94. The first kappa shape index (κ1) is 26.5. The van der Waals surface area contributed by atoms with Crippen LogP contribution in [0.5, 0.6) is 5.75 Å². The molecule has 1 fully saturated rings. The van der Waals surface area contributed by atoms with E-state index in [1.165, 1.54) is 18.2 Å². The minimum absolute atomic E-state index is 0.0169. The topological polar surface area (TPSA) is 70.2 Å². The van der Waals surface area contributed by atoms with E-state index >= 15 is 0 Å². The predicted molar refractivity (Wildman–Crippen MR) is 132 cm³/mol. The van der Waals surface area contributed by atoms with Gasteiger partial charge >= 0.3 is 12.1 Å². The Morgan fingerprint density at radius 1 is 1.24 bits per heavy atom. The Kier molecular flexibility index (Phi) is 8.05. The number of hydrogen-bond donors (Lipinski definition) is 2. The lowest BCUT2D eigenvalue weighted by atomic mass is 9.98. The van der Waals surface area contributed by atoms with Crippen LogP contribution in [0, 0.1) is 23.6 Å². The van der Waals surface area contributed by atoms with Crippen molar-refractivity contribution in [1.29, 1.82) is 0 Å². The Balaban J connectivity index is 1.56. The van der Waals surface area contributed by atoms with Crippen LogP contribution >= 0.6 is 11.6 Å². The van der Waals surface area contributed by atoms with E-state index in [0.29, 0.717) is 35.6 Å². The third-order valence-corrected chi connectivity index (χ3v) is 6.22. The normalized spacial score (nSPS) is 14.6. The summed E-state index contributed by atoms with van der Waals surface area (Å²) < 4.78 is 58.4. The van der Waals surface area contributed by atoms with Crippen LogP contribution in [0.15, 0.2) is 42.6 Å². The Hall–Kier alpha value is -3.55. The van der Waals surface area contributed by atoms with Crippen LogP contribution in [0.3, 0.4) is 0 Å². The van der Waals surface area contributed by atoms with Crippen molar-refractivity contribution in [3.63, 3.8) is 0 Å². The molecule has 0 saturated carbocycles. The summed E-state index contributed by atoms with van der Waals surface area (Å²) in [5, 5.41) is 2.51. The van der Waals surface area contributed by atoms with Gasteiger partial charge in [-0.3, -0.25) is 4.79 Å². The van der Waals surface area contributed by atoms with Gasteiger partial charge < -0.3 is 19.9 Å².